The molecule has 7 rings (SSSR count). The van der Waals surface area contributed by atoms with Gasteiger partial charge in [-0.3, -0.25) is 19.3 Å². The van der Waals surface area contributed by atoms with Gasteiger partial charge in [-0.2, -0.15) is 0 Å². The molecule has 3 aliphatic rings. The Kier molecular flexibility index (Phi) is 8.81. The number of hydrogen-bond donors (Lipinski definition) is 4. The number of aliphatic hydroxyl groups excluding tert-OH is 1. The number of aromatic nitrogens is 3. The summed E-state index contributed by atoms with van der Waals surface area (Å²) < 4.78 is 0. The smallest absolute Gasteiger partial charge is 0.277 e. The van der Waals surface area contributed by atoms with Crippen LogP contribution in [0.15, 0.2) is 66.9 Å². The van der Waals surface area contributed by atoms with Gasteiger partial charge in [-0.15, -0.1) is 0 Å². The molecule has 2 aromatic heterocycles. The fourth-order valence-corrected chi connectivity index (χ4v) is 6.31. The highest BCUT2D eigenvalue weighted by molar-refractivity contribution is 6.01. The molecule has 2 aromatic carbocycles. The standard InChI is InChI=1S/C36H40N8O4/c1-2-16-43-32-30(35(47)44(36(43)48)28-13-14-28)40-31(41-32)27-12-15-29(38-22-27)37-20-23-8-10-24(11-9-23)21-39-33(45)25-6-5-7-26(19-25)34(46)42-17-3-4-18-42/h5-12,15,19,22,28,36,48H,2-4,13-14,16-18,20-21H2,1H3,(H,37,38)(H,39,45)(H,40,41). The van der Waals surface area contributed by atoms with Crippen LogP contribution >= 0.6 is 0 Å². The van der Waals surface area contributed by atoms with Gasteiger partial charge < -0.3 is 30.5 Å². The van der Waals surface area contributed by atoms with Crippen molar-refractivity contribution >= 4 is 29.4 Å². The Labute approximate surface area is 279 Å². The molecule has 1 unspecified atom stereocenters. The van der Waals surface area contributed by atoms with Crippen molar-refractivity contribution in [3.63, 3.8) is 0 Å². The first kappa shape index (κ1) is 31.4. The van der Waals surface area contributed by atoms with E-state index < -0.39 is 6.35 Å². The van der Waals surface area contributed by atoms with E-state index in [1.54, 1.807) is 40.3 Å². The normalized spacial score (nSPS) is 17.4. The van der Waals surface area contributed by atoms with Gasteiger partial charge in [-0.25, -0.2) is 9.97 Å². The van der Waals surface area contributed by atoms with Crippen LogP contribution in [0.4, 0.5) is 11.6 Å². The van der Waals surface area contributed by atoms with Gasteiger partial charge in [0.2, 0.25) is 6.35 Å². The molecule has 12 heteroatoms. The number of imidazole rings is 1. The highest BCUT2D eigenvalue weighted by Gasteiger charge is 2.46. The molecule has 248 valence electrons. The van der Waals surface area contributed by atoms with E-state index in [0.29, 0.717) is 53.9 Å². The number of carbonyl (C=O) groups is 3. The van der Waals surface area contributed by atoms with Crippen molar-refractivity contribution in [1.82, 2.24) is 30.1 Å². The van der Waals surface area contributed by atoms with E-state index in [9.17, 15) is 19.5 Å². The summed E-state index contributed by atoms with van der Waals surface area (Å²) in [6, 6.07) is 18.7. The zero-order valence-electron chi connectivity index (χ0n) is 27.0. The third-order valence-corrected chi connectivity index (χ3v) is 9.09. The molecule has 2 fully saturated rings. The maximum absolute atomic E-state index is 13.2. The molecule has 4 aromatic rings. The highest BCUT2D eigenvalue weighted by atomic mass is 16.3. The second kappa shape index (κ2) is 13.5. The predicted molar refractivity (Wildman–Crippen MR) is 181 cm³/mol. The van der Waals surface area contributed by atoms with Gasteiger partial charge in [-0.1, -0.05) is 37.3 Å². The molecular formula is C36H40N8O4. The number of benzene rings is 2. The molecule has 0 bridgehead atoms. The first-order chi connectivity index (χ1) is 23.4. The number of pyridine rings is 1. The zero-order chi connectivity index (χ0) is 33.2. The number of carbonyl (C=O) groups excluding carboxylic acids is 3. The van der Waals surface area contributed by atoms with E-state index in [2.05, 4.69) is 20.6 Å². The number of rotatable bonds is 11. The number of aromatic amines is 1. The van der Waals surface area contributed by atoms with E-state index in [-0.39, 0.29) is 23.8 Å². The number of hydrogen-bond acceptors (Lipinski definition) is 8. The lowest BCUT2D eigenvalue weighted by molar-refractivity contribution is -0.00313. The van der Waals surface area contributed by atoms with Crippen molar-refractivity contribution < 1.29 is 19.5 Å². The average Bonchev–Trinajstić information content (AvgIpc) is 3.59. The van der Waals surface area contributed by atoms with Crippen LogP contribution < -0.4 is 15.5 Å². The number of H-pyrrole nitrogens is 1. The average molecular weight is 649 g/mol. The monoisotopic (exact) mass is 648 g/mol. The summed E-state index contributed by atoms with van der Waals surface area (Å²) in [7, 11) is 0. The van der Waals surface area contributed by atoms with Gasteiger partial charge in [0.15, 0.2) is 5.82 Å². The SMILES string of the molecule is CCCN1c2nc(-c3ccc(NCc4ccc(CNC(=O)c5cccc(C(=O)N6CCCC6)c5)cc4)nc3)[nH]c2C(=O)N(C2CC2)C1O. The summed E-state index contributed by atoms with van der Waals surface area (Å²) in [5, 5.41) is 17.2. The summed E-state index contributed by atoms with van der Waals surface area (Å²) in [5.74, 6) is 1.24. The van der Waals surface area contributed by atoms with Gasteiger partial charge >= 0.3 is 0 Å². The largest absolute Gasteiger partial charge is 0.366 e. The van der Waals surface area contributed by atoms with Crippen molar-refractivity contribution in [2.24, 2.45) is 0 Å². The minimum atomic E-state index is -1.01. The summed E-state index contributed by atoms with van der Waals surface area (Å²) in [4.78, 5) is 56.4. The Hall–Kier alpha value is -5.23. The molecule has 1 saturated carbocycles. The molecule has 4 heterocycles. The number of likely N-dealkylation sites (tertiary alicyclic amines) is 1. The van der Waals surface area contributed by atoms with Gasteiger partial charge in [0.05, 0.1) is 0 Å². The zero-order valence-corrected chi connectivity index (χ0v) is 27.0. The third-order valence-electron chi connectivity index (χ3n) is 9.09. The fourth-order valence-electron chi connectivity index (χ4n) is 6.31. The molecule has 2 aliphatic heterocycles. The van der Waals surface area contributed by atoms with Crippen LogP contribution in [0.5, 0.6) is 0 Å². The lowest BCUT2D eigenvalue weighted by Crippen LogP contribution is -2.56. The number of aliphatic hydroxyl groups is 1. The van der Waals surface area contributed by atoms with Gasteiger partial charge in [0, 0.05) is 61.7 Å². The van der Waals surface area contributed by atoms with Crippen molar-refractivity contribution in [3.05, 3.63) is 94.8 Å². The summed E-state index contributed by atoms with van der Waals surface area (Å²) in [5.41, 5.74) is 4.17. The van der Waals surface area contributed by atoms with Gasteiger partial charge in [0.1, 0.15) is 17.3 Å². The number of amides is 3. The number of anilines is 2. The molecule has 48 heavy (non-hydrogen) atoms. The molecule has 3 amide bonds. The molecule has 4 N–H and O–H groups in total. The van der Waals surface area contributed by atoms with E-state index in [1.807, 2.05) is 48.2 Å². The molecule has 0 radical (unpaired) electrons. The minimum absolute atomic E-state index is 0.0216. The van der Waals surface area contributed by atoms with E-state index >= 15 is 0 Å². The van der Waals surface area contributed by atoms with E-state index in [0.717, 1.165) is 61.9 Å². The molecular weight excluding hydrogens is 608 g/mol. The van der Waals surface area contributed by atoms with Crippen LogP contribution in [0, 0.1) is 0 Å². The Morgan fingerprint density at radius 2 is 1.71 bits per heavy atom. The maximum atomic E-state index is 13.2. The van der Waals surface area contributed by atoms with Crippen LogP contribution in [0.3, 0.4) is 0 Å². The lowest BCUT2D eigenvalue weighted by Gasteiger charge is -2.40. The second-order valence-electron chi connectivity index (χ2n) is 12.6. The van der Waals surface area contributed by atoms with E-state index in [4.69, 9.17) is 4.98 Å². The summed E-state index contributed by atoms with van der Waals surface area (Å²) >= 11 is 0. The Morgan fingerprint density at radius 3 is 2.40 bits per heavy atom. The molecule has 12 nitrogen and oxygen atoms in total. The van der Waals surface area contributed by atoms with Crippen LogP contribution in [0.1, 0.15) is 81.4 Å². The van der Waals surface area contributed by atoms with Gasteiger partial charge in [-0.05, 0) is 73.6 Å². The predicted octanol–water partition coefficient (Wildman–Crippen LogP) is 4.36. The van der Waals surface area contributed by atoms with Crippen molar-refractivity contribution in [2.45, 2.75) is 64.5 Å². The van der Waals surface area contributed by atoms with Crippen LogP contribution in [-0.4, -0.2) is 79.6 Å². The lowest BCUT2D eigenvalue weighted by atomic mass is 10.1. The van der Waals surface area contributed by atoms with Crippen LogP contribution in [-0.2, 0) is 13.1 Å². The quantitative estimate of drug-likeness (QED) is 0.188. The summed E-state index contributed by atoms with van der Waals surface area (Å²) in [6.45, 7) is 5.08. The maximum Gasteiger partial charge on any atom is 0.277 e. The Bertz CT molecular complexity index is 1800. The number of nitrogens with one attached hydrogen (secondary N) is 3. The molecule has 1 atom stereocenters. The highest BCUT2D eigenvalue weighted by Crippen LogP contribution is 2.37. The second-order valence-corrected chi connectivity index (χ2v) is 12.6. The van der Waals surface area contributed by atoms with E-state index in [1.165, 1.54) is 0 Å². The minimum Gasteiger partial charge on any atom is -0.366 e. The van der Waals surface area contributed by atoms with Crippen molar-refractivity contribution in [1.29, 1.82) is 0 Å². The van der Waals surface area contributed by atoms with Gasteiger partial charge in [0.25, 0.3) is 17.7 Å². The fraction of sp³-hybridized carbons (Fsp3) is 0.361. The topological polar surface area (TPSA) is 147 Å². The third kappa shape index (κ3) is 6.48. The summed E-state index contributed by atoms with van der Waals surface area (Å²) in [6.07, 6.45) is 5.36. The number of nitrogens with zero attached hydrogens (tertiary/aromatic N) is 5. The molecule has 1 aliphatic carbocycles. The Morgan fingerprint density at radius 1 is 0.979 bits per heavy atom. The first-order valence-corrected chi connectivity index (χ1v) is 16.7. The number of fused-ring (bicyclic) bond motifs is 1. The van der Waals surface area contributed by atoms with Crippen molar-refractivity contribution in [3.8, 4) is 11.4 Å². The van der Waals surface area contributed by atoms with Crippen LogP contribution in [0.25, 0.3) is 11.4 Å². The Balaban J connectivity index is 0.928. The van der Waals surface area contributed by atoms with Crippen molar-refractivity contribution in [2.75, 3.05) is 29.9 Å². The first-order valence-electron chi connectivity index (χ1n) is 16.7. The van der Waals surface area contributed by atoms with Crippen LogP contribution in [0.2, 0.25) is 0 Å². The molecule has 0 spiro atoms. The molecule has 1 saturated heterocycles.